The summed E-state index contributed by atoms with van der Waals surface area (Å²) >= 11 is 0. The van der Waals surface area contributed by atoms with Gasteiger partial charge >= 0.3 is 0 Å². The van der Waals surface area contributed by atoms with Crippen molar-refractivity contribution in [3.8, 4) is 0 Å². The number of hydrogen-bond donors (Lipinski definition) is 1. The molecule has 0 spiro atoms. The Labute approximate surface area is 129 Å². The summed E-state index contributed by atoms with van der Waals surface area (Å²) < 4.78 is 0. The van der Waals surface area contributed by atoms with Crippen molar-refractivity contribution in [1.82, 2.24) is 9.97 Å². The van der Waals surface area contributed by atoms with Gasteiger partial charge in [-0.25, -0.2) is 9.97 Å². The molecular formula is C17H30N4. The Hall–Kier alpha value is -1.32. The number of aromatic nitrogens is 2. The van der Waals surface area contributed by atoms with Gasteiger partial charge in [0.05, 0.1) is 0 Å². The van der Waals surface area contributed by atoms with Gasteiger partial charge in [-0.2, -0.15) is 0 Å². The van der Waals surface area contributed by atoms with E-state index in [4.69, 9.17) is 0 Å². The lowest BCUT2D eigenvalue weighted by Crippen LogP contribution is -2.39. The first-order valence-corrected chi connectivity index (χ1v) is 8.46. The Morgan fingerprint density at radius 1 is 1.33 bits per heavy atom. The number of rotatable bonds is 6. The number of piperidine rings is 1. The van der Waals surface area contributed by atoms with E-state index in [0.717, 1.165) is 30.5 Å². The summed E-state index contributed by atoms with van der Waals surface area (Å²) in [6.45, 7) is 10.9. The third-order valence-corrected chi connectivity index (χ3v) is 4.24. The highest BCUT2D eigenvalue weighted by atomic mass is 15.2. The molecule has 0 bridgehead atoms. The fourth-order valence-corrected chi connectivity index (χ4v) is 3.01. The predicted octanol–water partition coefficient (Wildman–Crippen LogP) is 4.01. The highest BCUT2D eigenvalue weighted by Gasteiger charge is 2.22. The summed E-state index contributed by atoms with van der Waals surface area (Å²) in [6.07, 6.45) is 6.27. The van der Waals surface area contributed by atoms with Crippen LogP contribution in [0.4, 0.5) is 11.6 Å². The minimum atomic E-state index is 0.636. The molecule has 1 unspecified atom stereocenters. The molecule has 2 rings (SSSR count). The van der Waals surface area contributed by atoms with E-state index in [0.29, 0.717) is 12.0 Å². The minimum Gasteiger partial charge on any atom is -0.370 e. The summed E-state index contributed by atoms with van der Waals surface area (Å²) in [7, 11) is 0. The summed E-state index contributed by atoms with van der Waals surface area (Å²) in [5, 5.41) is 3.45. The van der Waals surface area contributed by atoms with Crippen molar-refractivity contribution in [2.75, 3.05) is 23.3 Å². The lowest BCUT2D eigenvalue weighted by atomic mass is 10.00. The number of anilines is 2. The van der Waals surface area contributed by atoms with Crippen LogP contribution >= 0.6 is 0 Å². The zero-order valence-corrected chi connectivity index (χ0v) is 14.0. The Morgan fingerprint density at radius 3 is 2.86 bits per heavy atom. The normalized spacial score (nSPS) is 19.1. The quantitative estimate of drug-likeness (QED) is 0.859. The van der Waals surface area contributed by atoms with Gasteiger partial charge in [-0.05, 0) is 44.9 Å². The van der Waals surface area contributed by atoms with Crippen LogP contribution < -0.4 is 10.2 Å². The maximum Gasteiger partial charge on any atom is 0.134 e. The van der Waals surface area contributed by atoms with E-state index in [1.165, 1.54) is 32.1 Å². The van der Waals surface area contributed by atoms with E-state index in [9.17, 15) is 0 Å². The first-order valence-electron chi connectivity index (χ1n) is 8.46. The van der Waals surface area contributed by atoms with E-state index in [1.54, 1.807) is 0 Å². The van der Waals surface area contributed by atoms with Gasteiger partial charge in [0, 0.05) is 25.2 Å². The van der Waals surface area contributed by atoms with Gasteiger partial charge in [0.25, 0.3) is 0 Å². The third-order valence-electron chi connectivity index (χ3n) is 4.24. The molecule has 2 heterocycles. The van der Waals surface area contributed by atoms with Crippen LogP contribution in [0.25, 0.3) is 0 Å². The molecule has 1 aliphatic heterocycles. The van der Waals surface area contributed by atoms with Gasteiger partial charge in [0.2, 0.25) is 0 Å². The summed E-state index contributed by atoms with van der Waals surface area (Å²) in [4.78, 5) is 11.7. The van der Waals surface area contributed by atoms with E-state index in [-0.39, 0.29) is 0 Å². The standard InChI is InChI=1S/C17H30N4/c1-5-15-8-6-7-11-21(15)17-12-16(19-14(4)20-17)18-10-9-13(2)3/h12-13,15H,5-11H2,1-4H3,(H,18,19,20). The fourth-order valence-electron chi connectivity index (χ4n) is 3.01. The van der Waals surface area contributed by atoms with Crippen molar-refractivity contribution >= 4 is 11.6 Å². The summed E-state index contributed by atoms with van der Waals surface area (Å²) in [5.41, 5.74) is 0. The average Bonchev–Trinajstić information content (AvgIpc) is 2.46. The van der Waals surface area contributed by atoms with Crippen molar-refractivity contribution < 1.29 is 0 Å². The summed E-state index contributed by atoms with van der Waals surface area (Å²) in [6, 6.07) is 2.76. The van der Waals surface area contributed by atoms with Crippen LogP contribution in [-0.2, 0) is 0 Å². The van der Waals surface area contributed by atoms with E-state index in [2.05, 4.69) is 47.0 Å². The molecule has 0 aliphatic carbocycles. The number of nitrogens with zero attached hydrogens (tertiary/aromatic N) is 3. The molecular weight excluding hydrogens is 260 g/mol. The Bertz CT molecular complexity index is 444. The number of hydrogen-bond acceptors (Lipinski definition) is 4. The van der Waals surface area contributed by atoms with E-state index < -0.39 is 0 Å². The second-order valence-electron chi connectivity index (χ2n) is 6.52. The second-order valence-corrected chi connectivity index (χ2v) is 6.52. The first kappa shape index (κ1) is 16.1. The highest BCUT2D eigenvalue weighted by molar-refractivity contribution is 5.50. The van der Waals surface area contributed by atoms with Crippen molar-refractivity contribution in [3.05, 3.63) is 11.9 Å². The molecule has 0 amide bonds. The van der Waals surface area contributed by atoms with Crippen molar-refractivity contribution in [2.24, 2.45) is 5.92 Å². The molecule has 1 saturated heterocycles. The van der Waals surface area contributed by atoms with Crippen LogP contribution in [0.15, 0.2) is 6.07 Å². The number of aryl methyl sites for hydroxylation is 1. The molecule has 1 N–H and O–H groups in total. The zero-order chi connectivity index (χ0) is 15.2. The van der Waals surface area contributed by atoms with Gasteiger partial charge in [0.15, 0.2) is 0 Å². The van der Waals surface area contributed by atoms with Crippen molar-refractivity contribution in [1.29, 1.82) is 0 Å². The molecule has 1 aliphatic rings. The van der Waals surface area contributed by atoms with Crippen molar-refractivity contribution in [3.63, 3.8) is 0 Å². The second kappa shape index (κ2) is 7.62. The molecule has 0 radical (unpaired) electrons. The molecule has 1 aromatic heterocycles. The van der Waals surface area contributed by atoms with Crippen LogP contribution in [0.2, 0.25) is 0 Å². The van der Waals surface area contributed by atoms with Gasteiger partial charge in [0.1, 0.15) is 17.5 Å². The molecule has 0 saturated carbocycles. The Kier molecular flexibility index (Phi) is 5.83. The number of nitrogens with one attached hydrogen (secondary N) is 1. The van der Waals surface area contributed by atoms with E-state index in [1.807, 2.05) is 6.92 Å². The zero-order valence-electron chi connectivity index (χ0n) is 14.0. The van der Waals surface area contributed by atoms with Crippen LogP contribution in [-0.4, -0.2) is 29.1 Å². The van der Waals surface area contributed by atoms with Crippen LogP contribution in [0.1, 0.15) is 58.7 Å². The van der Waals surface area contributed by atoms with Crippen LogP contribution in [0, 0.1) is 12.8 Å². The molecule has 0 aromatic carbocycles. The molecule has 1 fully saturated rings. The average molecular weight is 290 g/mol. The maximum atomic E-state index is 4.67. The molecule has 4 nitrogen and oxygen atoms in total. The van der Waals surface area contributed by atoms with Crippen LogP contribution in [0.5, 0.6) is 0 Å². The Morgan fingerprint density at radius 2 is 2.14 bits per heavy atom. The largest absolute Gasteiger partial charge is 0.370 e. The molecule has 4 heteroatoms. The SMILES string of the molecule is CCC1CCCCN1c1cc(NCCC(C)C)nc(C)n1. The molecule has 1 atom stereocenters. The van der Waals surface area contributed by atoms with Gasteiger partial charge in [-0.3, -0.25) is 0 Å². The van der Waals surface area contributed by atoms with Crippen molar-refractivity contribution in [2.45, 2.75) is 65.8 Å². The smallest absolute Gasteiger partial charge is 0.134 e. The first-order chi connectivity index (χ1) is 10.1. The molecule has 21 heavy (non-hydrogen) atoms. The lowest BCUT2D eigenvalue weighted by molar-refractivity contribution is 0.446. The summed E-state index contributed by atoms with van der Waals surface area (Å²) in [5.74, 6) is 3.64. The highest BCUT2D eigenvalue weighted by Crippen LogP contribution is 2.26. The topological polar surface area (TPSA) is 41.0 Å². The van der Waals surface area contributed by atoms with Crippen LogP contribution in [0.3, 0.4) is 0 Å². The van der Waals surface area contributed by atoms with E-state index >= 15 is 0 Å². The van der Waals surface area contributed by atoms with Gasteiger partial charge < -0.3 is 10.2 Å². The Balaban J connectivity index is 2.10. The molecule has 1 aromatic rings. The van der Waals surface area contributed by atoms with Gasteiger partial charge in [-0.1, -0.05) is 20.8 Å². The fraction of sp³-hybridized carbons (Fsp3) is 0.765. The minimum absolute atomic E-state index is 0.636. The third kappa shape index (κ3) is 4.58. The monoisotopic (exact) mass is 290 g/mol. The maximum absolute atomic E-state index is 4.67. The predicted molar refractivity (Wildman–Crippen MR) is 90.0 cm³/mol. The lowest BCUT2D eigenvalue weighted by Gasteiger charge is -2.36. The van der Waals surface area contributed by atoms with Gasteiger partial charge in [-0.15, -0.1) is 0 Å². The molecule has 118 valence electrons.